The molecule has 0 saturated carbocycles. The molecule has 0 bridgehead atoms. The highest BCUT2D eigenvalue weighted by molar-refractivity contribution is 5.82. The summed E-state index contributed by atoms with van der Waals surface area (Å²) in [5.41, 5.74) is 7.59. The van der Waals surface area contributed by atoms with Crippen LogP contribution in [0.15, 0.2) is 47.9 Å². The third-order valence-corrected chi connectivity index (χ3v) is 3.19. The van der Waals surface area contributed by atoms with Gasteiger partial charge in [-0.25, -0.2) is 4.39 Å². The number of halogens is 1. The number of nitrogens with two attached hydrogens (primary N) is 1. The molecule has 0 aromatic heterocycles. The van der Waals surface area contributed by atoms with Gasteiger partial charge in [0.2, 0.25) is 0 Å². The molecule has 1 aliphatic heterocycles. The van der Waals surface area contributed by atoms with E-state index in [9.17, 15) is 4.39 Å². The van der Waals surface area contributed by atoms with Gasteiger partial charge in [-0.15, -0.1) is 0 Å². The second-order valence-electron chi connectivity index (χ2n) is 4.54. The molecule has 0 aliphatic carbocycles. The highest BCUT2D eigenvalue weighted by Crippen LogP contribution is 2.20. The SMILES string of the molecule is C=C(/N=C\C(F)=C/N)c1ccc(N2CCNCC2)cc1. The summed E-state index contributed by atoms with van der Waals surface area (Å²) in [6, 6.07) is 7.97. The Balaban J connectivity index is 2.04. The van der Waals surface area contributed by atoms with E-state index in [4.69, 9.17) is 5.73 Å². The summed E-state index contributed by atoms with van der Waals surface area (Å²) in [5.74, 6) is -0.580. The molecule has 0 atom stereocenters. The molecule has 0 amide bonds. The van der Waals surface area contributed by atoms with Crippen LogP contribution < -0.4 is 16.0 Å². The Morgan fingerprint density at radius 1 is 1.30 bits per heavy atom. The Morgan fingerprint density at radius 3 is 2.55 bits per heavy atom. The number of aliphatic imine (C=N–C) groups is 1. The van der Waals surface area contributed by atoms with E-state index in [1.165, 1.54) is 5.69 Å². The minimum absolute atomic E-state index is 0.508. The number of nitrogens with one attached hydrogen (secondary N) is 1. The van der Waals surface area contributed by atoms with Crippen molar-refractivity contribution >= 4 is 17.6 Å². The average molecular weight is 274 g/mol. The second kappa shape index (κ2) is 6.86. The van der Waals surface area contributed by atoms with Gasteiger partial charge in [0.15, 0.2) is 5.83 Å². The van der Waals surface area contributed by atoms with Gasteiger partial charge in [0.25, 0.3) is 0 Å². The van der Waals surface area contributed by atoms with Gasteiger partial charge in [-0.05, 0) is 17.7 Å². The van der Waals surface area contributed by atoms with E-state index in [-0.39, 0.29) is 0 Å². The lowest BCUT2D eigenvalue weighted by atomic mass is 10.1. The van der Waals surface area contributed by atoms with Crippen molar-refractivity contribution in [3.63, 3.8) is 0 Å². The first kappa shape index (κ1) is 14.3. The van der Waals surface area contributed by atoms with Crippen molar-refractivity contribution in [2.45, 2.75) is 0 Å². The summed E-state index contributed by atoms with van der Waals surface area (Å²) in [6.45, 7) is 7.83. The van der Waals surface area contributed by atoms with Crippen LogP contribution in [0.4, 0.5) is 10.1 Å². The summed E-state index contributed by atoms with van der Waals surface area (Å²) in [5, 5.41) is 3.32. The molecule has 5 heteroatoms. The molecule has 4 nitrogen and oxygen atoms in total. The highest BCUT2D eigenvalue weighted by Gasteiger charge is 2.10. The number of piperazine rings is 1. The van der Waals surface area contributed by atoms with E-state index < -0.39 is 5.83 Å². The van der Waals surface area contributed by atoms with Gasteiger partial charge >= 0.3 is 0 Å². The third kappa shape index (κ3) is 3.68. The van der Waals surface area contributed by atoms with Crippen LogP contribution in [0.1, 0.15) is 5.56 Å². The lowest BCUT2D eigenvalue weighted by Gasteiger charge is -2.29. The summed E-state index contributed by atoms with van der Waals surface area (Å²) in [6.07, 6.45) is 1.93. The third-order valence-electron chi connectivity index (χ3n) is 3.19. The maximum Gasteiger partial charge on any atom is 0.156 e. The summed E-state index contributed by atoms with van der Waals surface area (Å²) >= 11 is 0. The predicted octanol–water partition coefficient (Wildman–Crippen LogP) is 1.91. The zero-order valence-electron chi connectivity index (χ0n) is 11.3. The molecule has 1 aromatic carbocycles. The van der Waals surface area contributed by atoms with E-state index in [2.05, 4.69) is 21.8 Å². The monoisotopic (exact) mass is 274 g/mol. The molecule has 106 valence electrons. The number of allylic oxidation sites excluding steroid dienone is 1. The number of nitrogens with zero attached hydrogens (tertiary/aromatic N) is 2. The smallest absolute Gasteiger partial charge is 0.156 e. The van der Waals surface area contributed by atoms with Crippen LogP contribution in [-0.4, -0.2) is 32.4 Å². The molecular formula is C15H19FN4. The predicted molar refractivity (Wildman–Crippen MR) is 82.4 cm³/mol. The fraction of sp³-hybridized carbons (Fsp3) is 0.267. The van der Waals surface area contributed by atoms with Gasteiger partial charge in [-0.1, -0.05) is 18.7 Å². The van der Waals surface area contributed by atoms with Crippen molar-refractivity contribution in [3.8, 4) is 0 Å². The van der Waals surface area contributed by atoms with E-state index in [0.29, 0.717) is 5.70 Å². The minimum atomic E-state index is -0.580. The fourth-order valence-corrected chi connectivity index (χ4v) is 2.04. The molecule has 20 heavy (non-hydrogen) atoms. The van der Waals surface area contributed by atoms with Crippen molar-refractivity contribution in [2.75, 3.05) is 31.1 Å². The fourth-order valence-electron chi connectivity index (χ4n) is 2.04. The van der Waals surface area contributed by atoms with Gasteiger partial charge in [-0.2, -0.15) is 0 Å². The van der Waals surface area contributed by atoms with Crippen molar-refractivity contribution in [3.05, 3.63) is 48.4 Å². The zero-order chi connectivity index (χ0) is 14.4. The summed E-state index contributed by atoms with van der Waals surface area (Å²) in [4.78, 5) is 6.26. The molecule has 0 unspecified atom stereocenters. The van der Waals surface area contributed by atoms with Crippen LogP contribution in [0.2, 0.25) is 0 Å². The van der Waals surface area contributed by atoms with Gasteiger partial charge in [0.1, 0.15) is 0 Å². The highest BCUT2D eigenvalue weighted by atomic mass is 19.1. The standard InChI is InChI=1S/C15H19FN4/c1-12(19-11-14(16)10-17)13-2-4-15(5-3-13)20-8-6-18-7-9-20/h2-5,10-11,18H,1,6-9,17H2/b14-10+,19-11-. The molecule has 1 aliphatic rings. The average Bonchev–Trinajstić information content (AvgIpc) is 2.53. The van der Waals surface area contributed by atoms with E-state index in [0.717, 1.165) is 44.2 Å². The molecule has 1 aromatic rings. The normalized spacial score (nSPS) is 16.6. The van der Waals surface area contributed by atoms with Gasteiger partial charge in [0, 0.05) is 38.1 Å². The number of benzene rings is 1. The topological polar surface area (TPSA) is 53.6 Å². The largest absolute Gasteiger partial charge is 0.402 e. The van der Waals surface area contributed by atoms with Crippen LogP contribution in [0.25, 0.3) is 5.70 Å². The first-order valence-electron chi connectivity index (χ1n) is 6.57. The van der Waals surface area contributed by atoms with Gasteiger partial charge < -0.3 is 16.0 Å². The molecule has 3 N–H and O–H groups in total. The van der Waals surface area contributed by atoms with Crippen molar-refractivity contribution in [1.82, 2.24) is 5.32 Å². The Kier molecular flexibility index (Phi) is 4.90. The molecule has 1 heterocycles. The molecular weight excluding hydrogens is 255 g/mol. The lowest BCUT2D eigenvalue weighted by Crippen LogP contribution is -2.43. The van der Waals surface area contributed by atoms with Crippen molar-refractivity contribution < 1.29 is 4.39 Å². The Hall–Kier alpha value is -2.14. The van der Waals surface area contributed by atoms with E-state index in [1.807, 2.05) is 24.3 Å². The summed E-state index contributed by atoms with van der Waals surface area (Å²) < 4.78 is 12.8. The molecule has 0 spiro atoms. The van der Waals surface area contributed by atoms with E-state index >= 15 is 0 Å². The first-order valence-corrected chi connectivity index (χ1v) is 6.57. The van der Waals surface area contributed by atoms with E-state index in [1.54, 1.807) is 0 Å². The number of hydrogen-bond donors (Lipinski definition) is 2. The minimum Gasteiger partial charge on any atom is -0.402 e. The molecule has 1 fully saturated rings. The second-order valence-corrected chi connectivity index (χ2v) is 4.54. The number of rotatable bonds is 4. The molecule has 2 rings (SSSR count). The Labute approximate surface area is 118 Å². The first-order chi connectivity index (χ1) is 9.70. The van der Waals surface area contributed by atoms with Crippen LogP contribution >= 0.6 is 0 Å². The Bertz CT molecular complexity index is 513. The van der Waals surface area contributed by atoms with Crippen molar-refractivity contribution in [2.24, 2.45) is 10.7 Å². The number of anilines is 1. The zero-order valence-corrected chi connectivity index (χ0v) is 11.3. The molecule has 1 saturated heterocycles. The van der Waals surface area contributed by atoms with Crippen LogP contribution in [0, 0.1) is 0 Å². The maximum absolute atomic E-state index is 12.8. The molecule has 0 radical (unpaired) electrons. The lowest BCUT2D eigenvalue weighted by molar-refractivity contribution is 0.589. The van der Waals surface area contributed by atoms with Crippen LogP contribution in [0.3, 0.4) is 0 Å². The van der Waals surface area contributed by atoms with Crippen LogP contribution in [0.5, 0.6) is 0 Å². The van der Waals surface area contributed by atoms with Crippen molar-refractivity contribution in [1.29, 1.82) is 0 Å². The summed E-state index contributed by atoms with van der Waals surface area (Å²) in [7, 11) is 0. The maximum atomic E-state index is 12.8. The Morgan fingerprint density at radius 2 is 1.95 bits per heavy atom. The number of hydrogen-bond acceptors (Lipinski definition) is 4. The quantitative estimate of drug-likeness (QED) is 0.825. The van der Waals surface area contributed by atoms with Crippen LogP contribution in [-0.2, 0) is 0 Å². The van der Waals surface area contributed by atoms with Gasteiger partial charge in [-0.3, -0.25) is 4.99 Å². The van der Waals surface area contributed by atoms with Gasteiger partial charge in [0.05, 0.1) is 11.9 Å².